The maximum absolute atomic E-state index is 13.6. The lowest BCUT2D eigenvalue weighted by Gasteiger charge is -2.31. The van der Waals surface area contributed by atoms with Gasteiger partial charge in [0, 0.05) is 36.6 Å². The Kier molecular flexibility index (Phi) is 4.94. The molecule has 31 heavy (non-hydrogen) atoms. The van der Waals surface area contributed by atoms with Gasteiger partial charge in [-0.3, -0.25) is 9.59 Å². The minimum atomic E-state index is -0.904. The monoisotopic (exact) mass is 416 g/mol. The Balaban J connectivity index is 1.65. The Bertz CT molecular complexity index is 1370. The number of carbonyl (C=O) groups is 1. The van der Waals surface area contributed by atoms with Gasteiger partial charge in [-0.15, -0.1) is 0 Å². The quantitative estimate of drug-likeness (QED) is 0.536. The number of likely N-dealkylation sites (tertiary alicyclic amines) is 1. The average molecular weight is 416 g/mol. The third-order valence-electron chi connectivity index (χ3n) is 6.19. The number of piperidine rings is 1. The van der Waals surface area contributed by atoms with Crippen molar-refractivity contribution >= 4 is 27.7 Å². The molecule has 0 saturated carbocycles. The summed E-state index contributed by atoms with van der Waals surface area (Å²) in [6.07, 6.45) is 5.10. The summed E-state index contributed by atoms with van der Waals surface area (Å²) in [6, 6.07) is 13.8. The molecule has 4 aromatic rings. The summed E-state index contributed by atoms with van der Waals surface area (Å²) in [6.45, 7) is 1.31. The molecular formula is C24H24N4O3. The van der Waals surface area contributed by atoms with E-state index in [2.05, 4.69) is 9.97 Å². The summed E-state index contributed by atoms with van der Waals surface area (Å²) in [5.41, 5.74) is 1.35. The fraction of sp³-hybridized carbons (Fsp3) is 0.292. The molecule has 0 unspecified atom stereocenters. The molecule has 1 amide bonds. The first-order chi connectivity index (χ1) is 15.1. The number of nitrogens with zero attached hydrogens (tertiary/aromatic N) is 2. The molecule has 7 heteroatoms. The maximum Gasteiger partial charge on any atom is 0.329 e. The van der Waals surface area contributed by atoms with E-state index in [1.54, 1.807) is 29.2 Å². The topological polar surface area (TPSA) is 91.0 Å². The highest BCUT2D eigenvalue weighted by Crippen LogP contribution is 2.24. The van der Waals surface area contributed by atoms with Gasteiger partial charge in [-0.1, -0.05) is 30.3 Å². The number of carbonyl (C=O) groups excluding carboxylic acids is 1. The van der Waals surface area contributed by atoms with Crippen molar-refractivity contribution in [2.24, 2.45) is 0 Å². The van der Waals surface area contributed by atoms with Crippen molar-refractivity contribution in [1.29, 1.82) is 0 Å². The number of hydrogen-bond donors (Lipinski definition) is 2. The van der Waals surface area contributed by atoms with Crippen LogP contribution in [0.5, 0.6) is 0 Å². The van der Waals surface area contributed by atoms with Gasteiger partial charge in [-0.25, -0.2) is 9.36 Å². The van der Waals surface area contributed by atoms with E-state index in [-0.39, 0.29) is 12.3 Å². The van der Waals surface area contributed by atoms with Crippen LogP contribution in [0.1, 0.15) is 30.9 Å². The zero-order chi connectivity index (χ0) is 21.4. The van der Waals surface area contributed by atoms with Gasteiger partial charge in [-0.05, 0) is 43.0 Å². The van der Waals surface area contributed by atoms with E-state index in [0.717, 1.165) is 40.3 Å². The Hall–Kier alpha value is -3.61. The molecule has 1 fully saturated rings. The molecule has 1 aliphatic rings. The molecule has 7 nitrogen and oxygen atoms in total. The second-order valence-electron chi connectivity index (χ2n) is 8.12. The predicted octanol–water partition coefficient (Wildman–Crippen LogP) is 2.97. The maximum atomic E-state index is 13.6. The summed E-state index contributed by atoms with van der Waals surface area (Å²) >= 11 is 0. The van der Waals surface area contributed by atoms with E-state index in [1.807, 2.05) is 30.5 Å². The molecule has 1 atom stereocenters. The molecule has 3 heterocycles. The van der Waals surface area contributed by atoms with Gasteiger partial charge in [0.15, 0.2) is 0 Å². The van der Waals surface area contributed by atoms with Crippen LogP contribution in [-0.4, -0.2) is 38.4 Å². The number of nitrogens with one attached hydrogen (secondary N) is 2. The van der Waals surface area contributed by atoms with Crippen molar-refractivity contribution in [3.8, 4) is 0 Å². The number of H-pyrrole nitrogens is 2. The SMILES string of the molecule is O=C([C@@H](Cc1c[nH]c2ccccc12)n1c(=O)[nH]c2ccccc2c1=O)N1CCCCC1. The summed E-state index contributed by atoms with van der Waals surface area (Å²) < 4.78 is 1.11. The van der Waals surface area contributed by atoms with Crippen molar-refractivity contribution in [3.05, 3.63) is 81.1 Å². The molecule has 0 aliphatic carbocycles. The lowest BCUT2D eigenvalue weighted by Crippen LogP contribution is -2.48. The van der Waals surface area contributed by atoms with Crippen molar-refractivity contribution in [1.82, 2.24) is 19.4 Å². The van der Waals surface area contributed by atoms with Crippen LogP contribution >= 0.6 is 0 Å². The van der Waals surface area contributed by atoms with Gasteiger partial charge < -0.3 is 14.9 Å². The Morgan fingerprint density at radius 1 is 0.903 bits per heavy atom. The minimum Gasteiger partial charge on any atom is -0.361 e. The van der Waals surface area contributed by atoms with Gasteiger partial charge in [0.25, 0.3) is 5.56 Å². The average Bonchev–Trinajstić information content (AvgIpc) is 3.21. The van der Waals surface area contributed by atoms with Crippen LogP contribution in [0.2, 0.25) is 0 Å². The fourth-order valence-electron chi connectivity index (χ4n) is 4.58. The second-order valence-corrected chi connectivity index (χ2v) is 8.12. The molecule has 158 valence electrons. The third kappa shape index (κ3) is 3.46. The Morgan fingerprint density at radius 3 is 2.35 bits per heavy atom. The van der Waals surface area contributed by atoms with E-state index in [1.165, 1.54) is 0 Å². The molecule has 2 aromatic carbocycles. The number of benzene rings is 2. The fourth-order valence-corrected chi connectivity index (χ4v) is 4.58. The molecule has 0 spiro atoms. The Morgan fingerprint density at radius 2 is 1.58 bits per heavy atom. The van der Waals surface area contributed by atoms with Crippen molar-refractivity contribution in [3.63, 3.8) is 0 Å². The zero-order valence-electron chi connectivity index (χ0n) is 17.1. The van der Waals surface area contributed by atoms with Crippen LogP contribution in [0, 0.1) is 0 Å². The first-order valence-corrected chi connectivity index (χ1v) is 10.7. The molecule has 0 bridgehead atoms. The first-order valence-electron chi connectivity index (χ1n) is 10.7. The van der Waals surface area contributed by atoms with Gasteiger partial charge in [0.05, 0.1) is 10.9 Å². The number of rotatable bonds is 4. The molecule has 2 aromatic heterocycles. The van der Waals surface area contributed by atoms with Gasteiger partial charge in [0.1, 0.15) is 6.04 Å². The lowest BCUT2D eigenvalue weighted by atomic mass is 10.0. The molecule has 1 saturated heterocycles. The highest BCUT2D eigenvalue weighted by molar-refractivity contribution is 5.86. The second kappa shape index (κ2) is 7.91. The summed E-state index contributed by atoms with van der Waals surface area (Å²) in [5, 5.41) is 1.39. The van der Waals surface area contributed by atoms with Crippen LogP contribution in [0.3, 0.4) is 0 Å². The van der Waals surface area contributed by atoms with Gasteiger partial charge >= 0.3 is 5.69 Å². The van der Waals surface area contributed by atoms with Crippen LogP contribution in [0.15, 0.2) is 64.3 Å². The number of aromatic nitrogens is 3. The van der Waals surface area contributed by atoms with Crippen molar-refractivity contribution < 1.29 is 4.79 Å². The molecule has 1 aliphatic heterocycles. The van der Waals surface area contributed by atoms with Crippen LogP contribution in [0.4, 0.5) is 0 Å². The van der Waals surface area contributed by atoms with Crippen LogP contribution in [0.25, 0.3) is 21.8 Å². The lowest BCUT2D eigenvalue weighted by molar-refractivity contribution is -0.135. The highest BCUT2D eigenvalue weighted by Gasteiger charge is 2.30. The highest BCUT2D eigenvalue weighted by atomic mass is 16.2. The molecule has 2 N–H and O–H groups in total. The third-order valence-corrected chi connectivity index (χ3v) is 6.19. The minimum absolute atomic E-state index is 0.173. The number of hydrogen-bond acceptors (Lipinski definition) is 3. The molecule has 0 radical (unpaired) electrons. The number of fused-ring (bicyclic) bond motifs is 2. The van der Waals surface area contributed by atoms with E-state index in [4.69, 9.17) is 0 Å². The van der Waals surface area contributed by atoms with E-state index in [0.29, 0.717) is 24.0 Å². The van der Waals surface area contributed by atoms with E-state index >= 15 is 0 Å². The van der Waals surface area contributed by atoms with Crippen molar-refractivity contribution in [2.45, 2.75) is 31.7 Å². The smallest absolute Gasteiger partial charge is 0.329 e. The van der Waals surface area contributed by atoms with Gasteiger partial charge in [-0.2, -0.15) is 0 Å². The zero-order valence-corrected chi connectivity index (χ0v) is 17.1. The van der Waals surface area contributed by atoms with Crippen LogP contribution < -0.4 is 11.2 Å². The number of aromatic amines is 2. The number of para-hydroxylation sites is 2. The predicted molar refractivity (Wildman–Crippen MR) is 120 cm³/mol. The van der Waals surface area contributed by atoms with Crippen molar-refractivity contribution in [2.75, 3.05) is 13.1 Å². The Labute approximate surface area is 178 Å². The normalized spacial score (nSPS) is 15.4. The van der Waals surface area contributed by atoms with E-state index < -0.39 is 17.3 Å². The number of amides is 1. The summed E-state index contributed by atoms with van der Waals surface area (Å²) in [5.74, 6) is -0.173. The molecule has 5 rings (SSSR count). The van der Waals surface area contributed by atoms with Gasteiger partial charge in [0.2, 0.25) is 5.91 Å². The summed E-state index contributed by atoms with van der Waals surface area (Å²) in [7, 11) is 0. The first kappa shape index (κ1) is 19.4. The largest absolute Gasteiger partial charge is 0.361 e. The standard InChI is InChI=1S/C24H24N4O3/c29-22-18-9-3-5-11-20(18)26-24(31)28(22)21(23(30)27-12-6-1-7-13-27)14-16-15-25-19-10-4-2-8-17(16)19/h2-5,8-11,15,21,25H,1,6-7,12-14H2,(H,26,31)/t21-/m1/s1. The van der Waals surface area contributed by atoms with E-state index in [9.17, 15) is 14.4 Å². The van der Waals surface area contributed by atoms with Crippen LogP contribution in [-0.2, 0) is 11.2 Å². The molecular weight excluding hydrogens is 392 g/mol. The summed E-state index contributed by atoms with van der Waals surface area (Å²) in [4.78, 5) is 47.7.